The lowest BCUT2D eigenvalue weighted by Gasteiger charge is -2.24. The number of nitrogens with one attached hydrogen (secondary N) is 2. The van der Waals surface area contributed by atoms with Gasteiger partial charge in [-0.05, 0) is 31.2 Å². The van der Waals surface area contributed by atoms with Gasteiger partial charge < -0.3 is 15.4 Å². The van der Waals surface area contributed by atoms with Crippen molar-refractivity contribution in [2.24, 2.45) is 0 Å². The number of H-pyrrole nitrogens is 1. The molecule has 1 aromatic heterocycles. The minimum Gasteiger partial charge on any atom is -0.383 e. The lowest BCUT2D eigenvalue weighted by molar-refractivity contribution is 0.0495. The highest BCUT2D eigenvalue weighted by Gasteiger charge is 2.28. The third kappa shape index (κ3) is 3.00. The summed E-state index contributed by atoms with van der Waals surface area (Å²) in [6, 6.07) is 9.97. The molecule has 0 radical (unpaired) electrons. The molecule has 3 N–H and O–H groups in total. The molecule has 0 saturated carbocycles. The van der Waals surface area contributed by atoms with Gasteiger partial charge in [0.05, 0.1) is 6.54 Å². The first kappa shape index (κ1) is 16.1. The van der Waals surface area contributed by atoms with Gasteiger partial charge in [0.25, 0.3) is 5.91 Å². The molecule has 2 aromatic carbocycles. The van der Waals surface area contributed by atoms with Crippen molar-refractivity contribution >= 4 is 16.8 Å². The Morgan fingerprint density at radius 2 is 2.04 bits per heavy atom. The van der Waals surface area contributed by atoms with E-state index in [-0.39, 0.29) is 18.0 Å². The maximum absolute atomic E-state index is 13.8. The van der Waals surface area contributed by atoms with Gasteiger partial charge in [0.2, 0.25) is 0 Å². The Morgan fingerprint density at radius 3 is 2.79 bits per heavy atom. The molecule has 6 heteroatoms. The Labute approximate surface area is 137 Å². The molecule has 24 heavy (non-hydrogen) atoms. The summed E-state index contributed by atoms with van der Waals surface area (Å²) in [6.07, 6.45) is 1.73. The topological polar surface area (TPSA) is 65.1 Å². The van der Waals surface area contributed by atoms with Gasteiger partial charge >= 0.3 is 0 Å². The Bertz CT molecular complexity index is 903. The van der Waals surface area contributed by atoms with Crippen molar-refractivity contribution < 1.29 is 18.7 Å². The van der Waals surface area contributed by atoms with Gasteiger partial charge in [-0.25, -0.2) is 8.78 Å². The third-order valence-electron chi connectivity index (χ3n) is 3.94. The van der Waals surface area contributed by atoms with E-state index in [4.69, 9.17) is 0 Å². The van der Waals surface area contributed by atoms with Crippen molar-refractivity contribution in [3.63, 3.8) is 0 Å². The maximum Gasteiger partial charge on any atom is 0.252 e. The summed E-state index contributed by atoms with van der Waals surface area (Å²) >= 11 is 0. The third-order valence-corrected chi connectivity index (χ3v) is 3.94. The largest absolute Gasteiger partial charge is 0.383 e. The van der Waals surface area contributed by atoms with E-state index in [0.29, 0.717) is 11.6 Å². The standard InChI is InChI=1S/C18H16F2N2O2/c1-18(24,14-6-5-11(19)9-15(14)20)10-22-17(23)13-3-2-4-16-12(13)7-8-21-16/h2-9,21,24H,10H2,1H3,(H,22,23). The summed E-state index contributed by atoms with van der Waals surface area (Å²) in [5.41, 5.74) is -0.480. The Morgan fingerprint density at radius 1 is 1.25 bits per heavy atom. The number of carbonyl (C=O) groups excluding carboxylic acids is 1. The number of amides is 1. The Hall–Kier alpha value is -2.73. The number of aliphatic hydroxyl groups is 1. The zero-order valence-electron chi connectivity index (χ0n) is 12.9. The summed E-state index contributed by atoms with van der Waals surface area (Å²) in [5, 5.41) is 13.8. The van der Waals surface area contributed by atoms with Crippen molar-refractivity contribution in [2.45, 2.75) is 12.5 Å². The van der Waals surface area contributed by atoms with Crippen molar-refractivity contribution in [1.82, 2.24) is 10.3 Å². The molecular formula is C18H16F2N2O2. The first-order chi connectivity index (χ1) is 11.4. The zero-order valence-corrected chi connectivity index (χ0v) is 12.9. The number of carbonyl (C=O) groups is 1. The fourth-order valence-corrected chi connectivity index (χ4v) is 2.65. The molecule has 124 valence electrons. The Balaban J connectivity index is 1.79. The molecule has 3 aromatic rings. The summed E-state index contributed by atoms with van der Waals surface area (Å²) in [5.74, 6) is -1.97. The van der Waals surface area contributed by atoms with E-state index in [9.17, 15) is 18.7 Å². The molecule has 4 nitrogen and oxygen atoms in total. The van der Waals surface area contributed by atoms with E-state index in [0.717, 1.165) is 17.0 Å². The first-order valence-electron chi connectivity index (χ1n) is 7.41. The van der Waals surface area contributed by atoms with Gasteiger partial charge in [-0.3, -0.25) is 4.79 Å². The molecule has 0 bridgehead atoms. The average molecular weight is 330 g/mol. The van der Waals surface area contributed by atoms with Gasteiger partial charge in [-0.15, -0.1) is 0 Å². The molecule has 1 heterocycles. The second kappa shape index (κ2) is 6.05. The monoisotopic (exact) mass is 330 g/mol. The van der Waals surface area contributed by atoms with Crippen LogP contribution in [-0.2, 0) is 5.60 Å². The smallest absolute Gasteiger partial charge is 0.252 e. The normalized spacial score (nSPS) is 13.7. The van der Waals surface area contributed by atoms with Crippen LogP contribution in [0.15, 0.2) is 48.7 Å². The number of aromatic amines is 1. The summed E-state index contributed by atoms with van der Waals surface area (Å²) in [4.78, 5) is 15.4. The van der Waals surface area contributed by atoms with Crippen LogP contribution in [-0.4, -0.2) is 22.5 Å². The van der Waals surface area contributed by atoms with Gasteiger partial charge in [0.15, 0.2) is 0 Å². The van der Waals surface area contributed by atoms with E-state index in [1.54, 1.807) is 24.4 Å². The van der Waals surface area contributed by atoms with Crippen LogP contribution < -0.4 is 5.32 Å². The summed E-state index contributed by atoms with van der Waals surface area (Å²) in [7, 11) is 0. The average Bonchev–Trinajstić information content (AvgIpc) is 3.00. The SMILES string of the molecule is CC(O)(CNC(=O)c1cccc2[nH]ccc12)c1ccc(F)cc1F. The molecule has 0 aliphatic heterocycles. The van der Waals surface area contributed by atoms with Crippen LogP contribution in [0.5, 0.6) is 0 Å². The predicted octanol–water partition coefficient (Wildman–Crippen LogP) is 3.08. The van der Waals surface area contributed by atoms with Crippen molar-refractivity contribution in [3.8, 4) is 0 Å². The summed E-state index contributed by atoms with van der Waals surface area (Å²) in [6.45, 7) is 1.15. The molecule has 0 aliphatic carbocycles. The van der Waals surface area contributed by atoms with E-state index < -0.39 is 17.2 Å². The zero-order chi connectivity index (χ0) is 17.3. The molecular weight excluding hydrogens is 314 g/mol. The van der Waals surface area contributed by atoms with Gasteiger partial charge in [0, 0.05) is 34.3 Å². The minimum atomic E-state index is -1.67. The van der Waals surface area contributed by atoms with E-state index in [2.05, 4.69) is 10.3 Å². The fourth-order valence-electron chi connectivity index (χ4n) is 2.65. The minimum absolute atomic E-state index is 0.0796. The number of benzene rings is 2. The summed E-state index contributed by atoms with van der Waals surface area (Å²) < 4.78 is 26.8. The van der Waals surface area contributed by atoms with Crippen LogP contribution in [0.3, 0.4) is 0 Å². The Kier molecular flexibility index (Phi) is 4.07. The number of rotatable bonds is 4. The van der Waals surface area contributed by atoms with Crippen LogP contribution in [0.25, 0.3) is 10.9 Å². The first-order valence-corrected chi connectivity index (χ1v) is 7.41. The van der Waals surface area contributed by atoms with Crippen molar-refractivity contribution in [1.29, 1.82) is 0 Å². The van der Waals surface area contributed by atoms with Crippen LogP contribution in [0, 0.1) is 11.6 Å². The number of hydrogen-bond acceptors (Lipinski definition) is 2. The molecule has 0 fully saturated rings. The lowest BCUT2D eigenvalue weighted by Crippen LogP contribution is -2.39. The lowest BCUT2D eigenvalue weighted by atomic mass is 9.95. The molecule has 0 aliphatic rings. The highest BCUT2D eigenvalue weighted by Crippen LogP contribution is 2.24. The van der Waals surface area contributed by atoms with Gasteiger partial charge in [-0.1, -0.05) is 12.1 Å². The van der Waals surface area contributed by atoms with Crippen molar-refractivity contribution in [2.75, 3.05) is 6.54 Å². The van der Waals surface area contributed by atoms with Crippen LogP contribution in [0.2, 0.25) is 0 Å². The van der Waals surface area contributed by atoms with Crippen molar-refractivity contribution in [3.05, 3.63) is 71.4 Å². The molecule has 1 unspecified atom stereocenters. The second-order valence-corrected chi connectivity index (χ2v) is 5.83. The van der Waals surface area contributed by atoms with Crippen LogP contribution >= 0.6 is 0 Å². The van der Waals surface area contributed by atoms with E-state index >= 15 is 0 Å². The number of halogens is 2. The quantitative estimate of drug-likeness (QED) is 0.688. The molecule has 0 spiro atoms. The van der Waals surface area contributed by atoms with Gasteiger partial charge in [0.1, 0.15) is 17.2 Å². The van der Waals surface area contributed by atoms with Crippen LogP contribution in [0.1, 0.15) is 22.8 Å². The van der Waals surface area contributed by atoms with Crippen LogP contribution in [0.4, 0.5) is 8.78 Å². The highest BCUT2D eigenvalue weighted by molar-refractivity contribution is 6.06. The molecule has 3 rings (SSSR count). The highest BCUT2D eigenvalue weighted by atomic mass is 19.1. The molecule has 1 amide bonds. The fraction of sp³-hybridized carbons (Fsp3) is 0.167. The second-order valence-electron chi connectivity index (χ2n) is 5.83. The number of hydrogen-bond donors (Lipinski definition) is 3. The van der Waals surface area contributed by atoms with E-state index in [1.807, 2.05) is 6.07 Å². The maximum atomic E-state index is 13.8. The number of aromatic nitrogens is 1. The number of fused-ring (bicyclic) bond motifs is 1. The van der Waals surface area contributed by atoms with E-state index in [1.165, 1.54) is 13.0 Å². The van der Waals surface area contributed by atoms with Gasteiger partial charge in [-0.2, -0.15) is 0 Å². The predicted molar refractivity (Wildman–Crippen MR) is 86.6 cm³/mol. The molecule has 0 saturated heterocycles. The molecule has 1 atom stereocenters.